The maximum absolute atomic E-state index is 11.9. The predicted molar refractivity (Wildman–Crippen MR) is 65.3 cm³/mol. The monoisotopic (exact) mass is 269 g/mol. The van der Waals surface area contributed by atoms with Gasteiger partial charge in [0.15, 0.2) is 0 Å². The molecule has 0 aliphatic rings. The zero-order valence-electron chi connectivity index (χ0n) is 10.3. The number of hydrogen-bond donors (Lipinski definition) is 4. The van der Waals surface area contributed by atoms with Crippen molar-refractivity contribution in [3.8, 4) is 11.5 Å². The summed E-state index contributed by atoms with van der Waals surface area (Å²) in [4.78, 5) is 22.7. The van der Waals surface area contributed by atoms with Gasteiger partial charge >= 0.3 is 5.97 Å². The van der Waals surface area contributed by atoms with Crippen LogP contribution in [0.1, 0.15) is 16.8 Å². The summed E-state index contributed by atoms with van der Waals surface area (Å²) in [6.45, 7) is -0.374. The molecule has 0 aliphatic carbocycles. The largest absolute Gasteiger partial charge is 0.507 e. The van der Waals surface area contributed by atoms with Crippen LogP contribution in [0.2, 0.25) is 0 Å². The van der Waals surface area contributed by atoms with Crippen LogP contribution >= 0.6 is 0 Å². The van der Waals surface area contributed by atoms with Crippen molar-refractivity contribution in [1.82, 2.24) is 5.32 Å². The minimum Gasteiger partial charge on any atom is -0.507 e. The van der Waals surface area contributed by atoms with E-state index in [1.54, 1.807) is 0 Å². The summed E-state index contributed by atoms with van der Waals surface area (Å²) < 4.78 is 4.91. The number of nitrogens with one attached hydrogen (secondary N) is 1. The van der Waals surface area contributed by atoms with Gasteiger partial charge in [-0.1, -0.05) is 0 Å². The molecule has 0 unspecified atom stereocenters. The van der Waals surface area contributed by atoms with Crippen molar-refractivity contribution < 1.29 is 29.6 Å². The predicted octanol–water partition coefficient (Wildman–Crippen LogP) is -0.0338. The third-order valence-electron chi connectivity index (χ3n) is 2.47. The maximum Gasteiger partial charge on any atom is 0.326 e. The number of carboxylic acids is 1. The quantitative estimate of drug-likeness (QED) is 0.576. The number of methoxy groups -OCH3 is 1. The van der Waals surface area contributed by atoms with Gasteiger partial charge in [0, 0.05) is 13.0 Å². The van der Waals surface area contributed by atoms with E-state index in [0.717, 1.165) is 0 Å². The van der Waals surface area contributed by atoms with Crippen molar-refractivity contribution in [3.63, 3.8) is 0 Å². The van der Waals surface area contributed by atoms with E-state index >= 15 is 0 Å². The Morgan fingerprint density at radius 3 is 2.63 bits per heavy atom. The Kier molecular flexibility index (Phi) is 5.13. The fourth-order valence-electron chi connectivity index (χ4n) is 1.45. The third-order valence-corrected chi connectivity index (χ3v) is 2.47. The molecule has 0 spiro atoms. The Morgan fingerprint density at radius 2 is 2.11 bits per heavy atom. The smallest absolute Gasteiger partial charge is 0.326 e. The van der Waals surface area contributed by atoms with Gasteiger partial charge in [0.05, 0.1) is 12.7 Å². The fraction of sp³-hybridized carbons (Fsp3) is 0.333. The highest BCUT2D eigenvalue weighted by atomic mass is 16.5. The molecule has 0 fully saturated rings. The Hall–Kier alpha value is -2.28. The lowest BCUT2D eigenvalue weighted by atomic mass is 10.1. The van der Waals surface area contributed by atoms with Crippen LogP contribution in [0, 0.1) is 0 Å². The highest BCUT2D eigenvalue weighted by Gasteiger charge is 2.21. The van der Waals surface area contributed by atoms with Gasteiger partial charge in [0.2, 0.25) is 0 Å². The van der Waals surface area contributed by atoms with E-state index in [1.165, 1.54) is 25.3 Å². The van der Waals surface area contributed by atoms with Crippen molar-refractivity contribution >= 4 is 11.9 Å². The molecular formula is C12H15NO6. The number of phenolic OH excluding ortho intramolecular Hbond substituents is 1. The number of amides is 1. The number of rotatable bonds is 6. The lowest BCUT2D eigenvalue weighted by Gasteiger charge is -2.14. The lowest BCUT2D eigenvalue weighted by molar-refractivity contribution is -0.139. The molecule has 0 saturated carbocycles. The van der Waals surface area contributed by atoms with E-state index in [0.29, 0.717) is 5.75 Å². The molecule has 7 heteroatoms. The number of hydrogen-bond acceptors (Lipinski definition) is 5. The van der Waals surface area contributed by atoms with Crippen LogP contribution in [0.4, 0.5) is 0 Å². The molecule has 0 bridgehead atoms. The highest BCUT2D eigenvalue weighted by Crippen LogP contribution is 2.22. The number of aliphatic hydroxyl groups is 1. The second kappa shape index (κ2) is 6.60. The van der Waals surface area contributed by atoms with Crippen molar-refractivity contribution in [2.75, 3.05) is 13.7 Å². The summed E-state index contributed by atoms with van der Waals surface area (Å²) in [5.41, 5.74) is -0.0939. The molecule has 1 aromatic rings. The standard InChI is InChI=1S/C12H15NO6/c1-19-7-2-3-10(15)8(6-7)11(16)13-9(4-5-14)12(17)18/h2-3,6,9,14-15H,4-5H2,1H3,(H,13,16)(H,17,18)/t9-/m0/s1. The van der Waals surface area contributed by atoms with Crippen molar-refractivity contribution in [3.05, 3.63) is 23.8 Å². The molecular weight excluding hydrogens is 254 g/mol. The van der Waals surface area contributed by atoms with Crippen molar-refractivity contribution in [2.24, 2.45) is 0 Å². The molecule has 1 rings (SSSR count). The second-order valence-electron chi connectivity index (χ2n) is 3.76. The van der Waals surface area contributed by atoms with Gasteiger partial charge in [0.25, 0.3) is 5.91 Å². The average molecular weight is 269 g/mol. The number of aromatic hydroxyl groups is 1. The highest BCUT2D eigenvalue weighted by molar-refractivity contribution is 5.99. The van der Waals surface area contributed by atoms with Gasteiger partial charge < -0.3 is 25.4 Å². The van der Waals surface area contributed by atoms with Crippen LogP contribution in [0.25, 0.3) is 0 Å². The molecule has 104 valence electrons. The zero-order valence-corrected chi connectivity index (χ0v) is 10.3. The van der Waals surface area contributed by atoms with Crippen LogP contribution in [0.15, 0.2) is 18.2 Å². The molecule has 0 saturated heterocycles. The number of carbonyl (C=O) groups is 2. The van der Waals surface area contributed by atoms with E-state index < -0.39 is 17.9 Å². The lowest BCUT2D eigenvalue weighted by Crippen LogP contribution is -2.41. The number of phenols is 1. The molecule has 0 heterocycles. The zero-order chi connectivity index (χ0) is 14.4. The van der Waals surface area contributed by atoms with Gasteiger partial charge in [0.1, 0.15) is 17.5 Å². The number of carboxylic acid groups (broad SMARTS) is 1. The Balaban J connectivity index is 2.90. The summed E-state index contributed by atoms with van der Waals surface area (Å²) in [5.74, 6) is -1.94. The van der Waals surface area contributed by atoms with Gasteiger partial charge in [-0.25, -0.2) is 4.79 Å². The minimum atomic E-state index is -1.26. The van der Waals surface area contributed by atoms with Crippen LogP contribution in [-0.4, -0.2) is 47.0 Å². The van der Waals surface area contributed by atoms with Gasteiger partial charge in [-0.05, 0) is 18.2 Å². The van der Waals surface area contributed by atoms with Gasteiger partial charge in [-0.2, -0.15) is 0 Å². The number of carbonyl (C=O) groups excluding carboxylic acids is 1. The molecule has 19 heavy (non-hydrogen) atoms. The normalized spacial score (nSPS) is 11.7. The van der Waals surface area contributed by atoms with Gasteiger partial charge in [-0.3, -0.25) is 4.79 Å². The van der Waals surface area contributed by atoms with Crippen LogP contribution in [-0.2, 0) is 4.79 Å². The molecule has 1 aromatic carbocycles. The Morgan fingerprint density at radius 1 is 1.42 bits per heavy atom. The first kappa shape index (κ1) is 14.8. The molecule has 4 N–H and O–H groups in total. The molecule has 0 aliphatic heterocycles. The maximum atomic E-state index is 11.9. The first-order valence-electron chi connectivity index (χ1n) is 5.51. The number of ether oxygens (including phenoxy) is 1. The summed E-state index contributed by atoms with van der Waals surface area (Å²) in [6, 6.07) is 2.81. The van der Waals surface area contributed by atoms with Crippen LogP contribution in [0.5, 0.6) is 11.5 Å². The molecule has 0 radical (unpaired) electrons. The molecule has 7 nitrogen and oxygen atoms in total. The van der Waals surface area contributed by atoms with Crippen molar-refractivity contribution in [2.45, 2.75) is 12.5 Å². The topological polar surface area (TPSA) is 116 Å². The first-order valence-corrected chi connectivity index (χ1v) is 5.51. The summed E-state index contributed by atoms with van der Waals surface area (Å²) in [5, 5.41) is 29.4. The molecule has 1 amide bonds. The fourth-order valence-corrected chi connectivity index (χ4v) is 1.45. The van der Waals surface area contributed by atoms with E-state index in [9.17, 15) is 14.7 Å². The SMILES string of the molecule is COc1ccc(O)c(C(=O)N[C@@H](CCO)C(=O)O)c1. The third kappa shape index (κ3) is 3.85. The van der Waals surface area contributed by atoms with E-state index in [2.05, 4.69) is 5.32 Å². The molecule has 1 atom stereocenters. The average Bonchev–Trinajstić information content (AvgIpc) is 2.38. The first-order chi connectivity index (χ1) is 8.99. The van der Waals surface area contributed by atoms with Crippen molar-refractivity contribution in [1.29, 1.82) is 0 Å². The summed E-state index contributed by atoms with van der Waals surface area (Å²) >= 11 is 0. The number of aliphatic hydroxyl groups excluding tert-OH is 1. The minimum absolute atomic E-state index is 0.0939. The summed E-state index contributed by atoms with van der Waals surface area (Å²) in [6.07, 6.45) is -0.119. The summed E-state index contributed by atoms with van der Waals surface area (Å²) in [7, 11) is 1.40. The van der Waals surface area contributed by atoms with Crippen LogP contribution in [0.3, 0.4) is 0 Å². The number of aliphatic carboxylic acids is 1. The van der Waals surface area contributed by atoms with Gasteiger partial charge in [-0.15, -0.1) is 0 Å². The van der Waals surface area contributed by atoms with E-state index in [-0.39, 0.29) is 24.3 Å². The molecule has 0 aromatic heterocycles. The Labute approximate surface area is 109 Å². The van der Waals surface area contributed by atoms with E-state index in [4.69, 9.17) is 14.9 Å². The Bertz CT molecular complexity index is 473. The second-order valence-corrected chi connectivity index (χ2v) is 3.76. The van der Waals surface area contributed by atoms with E-state index in [1.807, 2.05) is 0 Å². The number of benzene rings is 1. The van der Waals surface area contributed by atoms with Crippen LogP contribution < -0.4 is 10.1 Å².